The van der Waals surface area contributed by atoms with E-state index in [1.807, 2.05) is 0 Å². The molecule has 4 heteroatoms. The molecule has 0 amide bonds. The first kappa shape index (κ1) is 11.2. The highest BCUT2D eigenvalue weighted by Crippen LogP contribution is 2.20. The van der Waals surface area contributed by atoms with Crippen LogP contribution in [0.5, 0.6) is 5.75 Å². The summed E-state index contributed by atoms with van der Waals surface area (Å²) in [7, 11) is 0. The molecule has 0 aliphatic carbocycles. The van der Waals surface area contributed by atoms with E-state index in [-0.39, 0.29) is 18.4 Å². The van der Waals surface area contributed by atoms with Crippen molar-refractivity contribution in [2.24, 2.45) is 4.99 Å². The fraction of sp³-hybridized carbons (Fsp3) is 0.300. The van der Waals surface area contributed by atoms with Gasteiger partial charge in [-0.1, -0.05) is 15.9 Å². The molecule has 1 rings (SSSR count). The highest BCUT2D eigenvalue weighted by molar-refractivity contribution is 9.10. The highest BCUT2D eigenvalue weighted by Gasteiger charge is 1.99. The maximum atomic E-state index is 9.45. The van der Waals surface area contributed by atoms with Crippen LogP contribution in [0.2, 0.25) is 0 Å². The lowest BCUT2D eigenvalue weighted by Gasteiger charge is -2.01. The fourth-order valence-electron chi connectivity index (χ4n) is 0.883. The first-order valence-corrected chi connectivity index (χ1v) is 5.05. The van der Waals surface area contributed by atoms with Crippen molar-refractivity contribution in [1.82, 2.24) is 0 Å². The monoisotopic (exact) mass is 257 g/mol. The number of phenolic OH excluding ortho intramolecular Hbond substituents is 1. The van der Waals surface area contributed by atoms with E-state index in [4.69, 9.17) is 5.11 Å². The van der Waals surface area contributed by atoms with E-state index in [9.17, 15) is 5.11 Å². The molecule has 0 spiro atoms. The van der Waals surface area contributed by atoms with Crippen LogP contribution in [-0.4, -0.2) is 29.1 Å². The van der Waals surface area contributed by atoms with E-state index in [2.05, 4.69) is 20.9 Å². The number of aliphatic hydroxyl groups excluding tert-OH is 1. The van der Waals surface area contributed by atoms with Gasteiger partial charge in [-0.25, -0.2) is 0 Å². The predicted octanol–water partition coefficient (Wildman–Crippen LogP) is 1.95. The number of hydrogen-bond acceptors (Lipinski definition) is 3. The van der Waals surface area contributed by atoms with Gasteiger partial charge in [-0.2, -0.15) is 0 Å². The Morgan fingerprint density at radius 3 is 2.93 bits per heavy atom. The molecule has 0 aromatic heterocycles. The van der Waals surface area contributed by atoms with Crippen LogP contribution < -0.4 is 0 Å². The van der Waals surface area contributed by atoms with Crippen LogP contribution in [0.3, 0.4) is 0 Å². The Kier molecular flexibility index (Phi) is 4.10. The molecule has 3 nitrogen and oxygen atoms in total. The number of benzene rings is 1. The van der Waals surface area contributed by atoms with E-state index in [1.165, 1.54) is 0 Å². The molecular formula is C10H12BrNO2. The van der Waals surface area contributed by atoms with E-state index in [0.29, 0.717) is 5.56 Å². The third-order valence-electron chi connectivity index (χ3n) is 1.72. The molecule has 0 bridgehead atoms. The van der Waals surface area contributed by atoms with Crippen molar-refractivity contribution in [2.75, 3.05) is 6.61 Å². The summed E-state index contributed by atoms with van der Waals surface area (Å²) < 4.78 is 0.883. The Bertz CT molecular complexity index is 339. The smallest absolute Gasteiger partial charge is 0.124 e. The molecule has 2 N–H and O–H groups in total. The maximum absolute atomic E-state index is 9.45. The average Bonchev–Trinajstić information content (AvgIpc) is 2.19. The van der Waals surface area contributed by atoms with Crippen LogP contribution in [0.1, 0.15) is 12.5 Å². The fourth-order valence-corrected chi connectivity index (χ4v) is 1.26. The highest BCUT2D eigenvalue weighted by atomic mass is 79.9. The van der Waals surface area contributed by atoms with Gasteiger partial charge in [-0.05, 0) is 25.1 Å². The topological polar surface area (TPSA) is 52.8 Å². The van der Waals surface area contributed by atoms with Crippen LogP contribution in [0.25, 0.3) is 0 Å². The van der Waals surface area contributed by atoms with Gasteiger partial charge in [-0.3, -0.25) is 4.99 Å². The quantitative estimate of drug-likeness (QED) is 0.814. The Balaban J connectivity index is 2.85. The third-order valence-corrected chi connectivity index (χ3v) is 2.22. The molecule has 0 saturated carbocycles. The van der Waals surface area contributed by atoms with Crippen LogP contribution >= 0.6 is 15.9 Å². The first-order chi connectivity index (χ1) is 6.63. The normalized spacial score (nSPS) is 13.4. The molecule has 0 fully saturated rings. The number of nitrogens with zero attached hydrogens (tertiary/aromatic N) is 1. The van der Waals surface area contributed by atoms with Gasteiger partial charge < -0.3 is 10.2 Å². The Labute approximate surface area is 91.2 Å². The number of halogens is 1. The van der Waals surface area contributed by atoms with Gasteiger partial charge in [0.25, 0.3) is 0 Å². The average molecular weight is 258 g/mol. The van der Waals surface area contributed by atoms with E-state index in [1.54, 1.807) is 31.3 Å². The van der Waals surface area contributed by atoms with Gasteiger partial charge in [0.2, 0.25) is 0 Å². The molecule has 0 aliphatic rings. The summed E-state index contributed by atoms with van der Waals surface area (Å²) in [5.41, 5.74) is 0.639. The molecule has 0 aliphatic heterocycles. The lowest BCUT2D eigenvalue weighted by Crippen LogP contribution is -2.03. The number of phenols is 1. The van der Waals surface area contributed by atoms with Crippen molar-refractivity contribution in [3.8, 4) is 5.75 Å². The first-order valence-electron chi connectivity index (χ1n) is 4.26. The zero-order valence-electron chi connectivity index (χ0n) is 7.81. The summed E-state index contributed by atoms with van der Waals surface area (Å²) in [6.07, 6.45) is 1.56. The van der Waals surface area contributed by atoms with Gasteiger partial charge >= 0.3 is 0 Å². The number of hydrogen-bond donors (Lipinski definition) is 2. The maximum Gasteiger partial charge on any atom is 0.124 e. The SMILES string of the molecule is CC(CO)N=Cc1cc(Br)ccc1O. The lowest BCUT2D eigenvalue weighted by atomic mass is 10.2. The second-order valence-electron chi connectivity index (χ2n) is 3.01. The summed E-state index contributed by atoms with van der Waals surface area (Å²) in [5.74, 6) is 0.182. The molecular weight excluding hydrogens is 246 g/mol. The van der Waals surface area contributed by atoms with Crippen molar-refractivity contribution >= 4 is 22.1 Å². The molecule has 0 radical (unpaired) electrons. The molecule has 1 aromatic rings. The van der Waals surface area contributed by atoms with Gasteiger partial charge in [0.15, 0.2) is 0 Å². The van der Waals surface area contributed by atoms with Crippen LogP contribution in [0, 0.1) is 0 Å². The molecule has 1 aromatic carbocycles. The molecule has 1 unspecified atom stereocenters. The second-order valence-corrected chi connectivity index (χ2v) is 3.93. The van der Waals surface area contributed by atoms with Crippen molar-refractivity contribution < 1.29 is 10.2 Å². The van der Waals surface area contributed by atoms with Crippen molar-refractivity contribution in [3.63, 3.8) is 0 Å². The van der Waals surface area contributed by atoms with E-state index < -0.39 is 0 Å². The van der Waals surface area contributed by atoms with Gasteiger partial charge in [0, 0.05) is 16.3 Å². The molecule has 0 saturated heterocycles. The number of aromatic hydroxyl groups is 1. The summed E-state index contributed by atoms with van der Waals surface area (Å²) in [6, 6.07) is 4.97. The summed E-state index contributed by atoms with van der Waals surface area (Å²) in [5, 5.41) is 18.2. The van der Waals surface area contributed by atoms with Crippen molar-refractivity contribution in [3.05, 3.63) is 28.2 Å². The van der Waals surface area contributed by atoms with Gasteiger partial charge in [0.05, 0.1) is 12.6 Å². The minimum Gasteiger partial charge on any atom is -0.507 e. The predicted molar refractivity (Wildman–Crippen MR) is 59.9 cm³/mol. The largest absolute Gasteiger partial charge is 0.507 e. The van der Waals surface area contributed by atoms with E-state index >= 15 is 0 Å². The summed E-state index contributed by atoms with van der Waals surface area (Å²) >= 11 is 3.30. The number of aliphatic imine (C=N–C) groups is 1. The van der Waals surface area contributed by atoms with Crippen LogP contribution in [-0.2, 0) is 0 Å². The van der Waals surface area contributed by atoms with Crippen molar-refractivity contribution in [2.45, 2.75) is 13.0 Å². The van der Waals surface area contributed by atoms with Crippen molar-refractivity contribution in [1.29, 1.82) is 0 Å². The van der Waals surface area contributed by atoms with E-state index in [0.717, 1.165) is 4.47 Å². The Morgan fingerprint density at radius 2 is 2.29 bits per heavy atom. The third kappa shape index (κ3) is 3.12. The minimum absolute atomic E-state index is 0.00522. The van der Waals surface area contributed by atoms with Crippen LogP contribution in [0.4, 0.5) is 0 Å². The standard InChI is InChI=1S/C10H12BrNO2/c1-7(6-13)12-5-8-4-9(11)2-3-10(8)14/h2-5,7,13-14H,6H2,1H3. The van der Waals surface area contributed by atoms with Gasteiger partial charge in [-0.15, -0.1) is 0 Å². The number of rotatable bonds is 3. The summed E-state index contributed by atoms with van der Waals surface area (Å²) in [4.78, 5) is 4.06. The van der Waals surface area contributed by atoms with Gasteiger partial charge in [0.1, 0.15) is 5.75 Å². The molecule has 76 valence electrons. The minimum atomic E-state index is -0.145. The molecule has 14 heavy (non-hydrogen) atoms. The molecule has 1 atom stereocenters. The zero-order chi connectivity index (χ0) is 10.6. The zero-order valence-corrected chi connectivity index (χ0v) is 9.40. The summed E-state index contributed by atoms with van der Waals surface area (Å²) in [6.45, 7) is 1.80. The number of aliphatic hydroxyl groups is 1. The van der Waals surface area contributed by atoms with Crippen LogP contribution in [0.15, 0.2) is 27.7 Å². The second kappa shape index (κ2) is 5.12. The molecule has 0 heterocycles. The lowest BCUT2D eigenvalue weighted by molar-refractivity contribution is 0.275. The Hall–Kier alpha value is -0.870. The Morgan fingerprint density at radius 1 is 1.57 bits per heavy atom.